The van der Waals surface area contributed by atoms with E-state index >= 15 is 0 Å². The van der Waals surface area contributed by atoms with Crippen LogP contribution in [-0.2, 0) is 20.8 Å². The van der Waals surface area contributed by atoms with Gasteiger partial charge in [-0.05, 0) is 48.9 Å². The van der Waals surface area contributed by atoms with Gasteiger partial charge in [-0.2, -0.15) is 0 Å². The van der Waals surface area contributed by atoms with Gasteiger partial charge in [0.1, 0.15) is 42.5 Å². The molecule has 0 aromatic heterocycles. The van der Waals surface area contributed by atoms with Crippen molar-refractivity contribution in [3.8, 4) is 17.2 Å². The Balaban J connectivity index is 1.55. The third kappa shape index (κ3) is 9.21. The number of nitrogens with zero attached hydrogens (tertiary/aromatic N) is 2. The van der Waals surface area contributed by atoms with Crippen molar-refractivity contribution in [1.82, 2.24) is 20.4 Å². The fourth-order valence-electron chi connectivity index (χ4n) is 4.96. The van der Waals surface area contributed by atoms with Gasteiger partial charge in [0.15, 0.2) is 0 Å². The maximum absolute atomic E-state index is 13.7. The minimum atomic E-state index is -1.21. The molecule has 238 valence electrons. The summed E-state index contributed by atoms with van der Waals surface area (Å²) in [5.41, 5.74) is 1.09. The van der Waals surface area contributed by atoms with Gasteiger partial charge >= 0.3 is 0 Å². The molecule has 45 heavy (non-hydrogen) atoms. The van der Waals surface area contributed by atoms with Crippen LogP contribution in [0.1, 0.15) is 29.3 Å². The zero-order chi connectivity index (χ0) is 32.2. The predicted octanol–water partition coefficient (Wildman–Crippen LogP) is 2.69. The Kier molecular flexibility index (Phi) is 11.8. The third-order valence-corrected chi connectivity index (χ3v) is 7.48. The zero-order valence-electron chi connectivity index (χ0n) is 25.9. The number of hydrogen-bond donors (Lipinski definition) is 2. The highest BCUT2D eigenvalue weighted by atomic mass is 16.5. The predicted molar refractivity (Wildman–Crippen MR) is 168 cm³/mol. The quantitative estimate of drug-likeness (QED) is 0.379. The summed E-state index contributed by atoms with van der Waals surface area (Å²) in [6, 6.07) is 21.0. The molecular formula is C34H40N4O7. The zero-order valence-corrected chi connectivity index (χ0v) is 25.9. The van der Waals surface area contributed by atoms with Gasteiger partial charge in [0.2, 0.25) is 17.7 Å². The van der Waals surface area contributed by atoms with Crippen LogP contribution in [0, 0.1) is 0 Å². The van der Waals surface area contributed by atoms with E-state index in [1.54, 1.807) is 67.6 Å². The number of hydrogen-bond acceptors (Lipinski definition) is 7. The number of amides is 4. The molecule has 2 N–H and O–H groups in total. The van der Waals surface area contributed by atoms with E-state index in [2.05, 4.69) is 10.6 Å². The van der Waals surface area contributed by atoms with Crippen LogP contribution in [-0.4, -0.2) is 92.5 Å². The topological polar surface area (TPSA) is 127 Å². The van der Waals surface area contributed by atoms with Crippen LogP contribution >= 0.6 is 0 Å². The first-order chi connectivity index (χ1) is 21.8. The van der Waals surface area contributed by atoms with Crippen LogP contribution in [0.25, 0.3) is 0 Å². The Hall–Kier alpha value is -5.06. The maximum atomic E-state index is 13.7. The molecule has 0 saturated heterocycles. The largest absolute Gasteiger partial charge is 0.497 e. The molecule has 0 bridgehead atoms. The summed E-state index contributed by atoms with van der Waals surface area (Å²) in [6.07, 6.45) is -0.110. The lowest BCUT2D eigenvalue weighted by Crippen LogP contribution is -2.54. The van der Waals surface area contributed by atoms with E-state index in [0.29, 0.717) is 23.8 Å². The lowest BCUT2D eigenvalue weighted by Gasteiger charge is -2.29. The Bertz CT molecular complexity index is 1450. The van der Waals surface area contributed by atoms with Crippen LogP contribution in [0.2, 0.25) is 0 Å². The minimum absolute atomic E-state index is 0.134. The molecule has 0 spiro atoms. The van der Waals surface area contributed by atoms with E-state index in [1.165, 1.54) is 4.90 Å². The van der Waals surface area contributed by atoms with Crippen molar-refractivity contribution < 1.29 is 33.4 Å². The summed E-state index contributed by atoms with van der Waals surface area (Å²) in [5, 5.41) is 5.57. The molecule has 0 aliphatic carbocycles. The summed E-state index contributed by atoms with van der Waals surface area (Å²) in [6.45, 7) is 3.02. The fraction of sp³-hybridized carbons (Fsp3) is 0.353. The van der Waals surface area contributed by atoms with Crippen LogP contribution in [0.3, 0.4) is 0 Å². The summed E-state index contributed by atoms with van der Waals surface area (Å²) in [5.74, 6) is -0.224. The molecule has 11 nitrogen and oxygen atoms in total. The number of ether oxygens (including phenoxy) is 3. The van der Waals surface area contributed by atoms with Crippen molar-refractivity contribution in [2.24, 2.45) is 0 Å². The van der Waals surface area contributed by atoms with Gasteiger partial charge in [-0.15, -0.1) is 0 Å². The smallest absolute Gasteiger partial charge is 0.255 e. The second-order valence-corrected chi connectivity index (χ2v) is 10.6. The van der Waals surface area contributed by atoms with Crippen molar-refractivity contribution in [2.45, 2.75) is 31.8 Å². The van der Waals surface area contributed by atoms with Gasteiger partial charge in [-0.1, -0.05) is 42.5 Å². The van der Waals surface area contributed by atoms with Gasteiger partial charge in [0.05, 0.1) is 32.2 Å². The van der Waals surface area contributed by atoms with Crippen molar-refractivity contribution in [2.75, 3.05) is 47.0 Å². The number of methoxy groups -OCH3 is 1. The van der Waals surface area contributed by atoms with Crippen LogP contribution in [0.5, 0.6) is 17.2 Å². The molecule has 4 amide bonds. The number of likely N-dealkylation sites (N-methyl/N-ethyl adjacent to an activating group) is 2. The summed E-state index contributed by atoms with van der Waals surface area (Å²) < 4.78 is 16.9. The Morgan fingerprint density at radius 1 is 0.956 bits per heavy atom. The molecule has 1 aliphatic heterocycles. The molecular weight excluding hydrogens is 576 g/mol. The fourth-order valence-corrected chi connectivity index (χ4v) is 4.96. The Labute approximate surface area is 263 Å². The molecule has 2 atom stereocenters. The SMILES string of the molecule is CCN1CCOc2ccccc2C(=O)N[C@H](C(=O)N(C)CCOc2ccc(OC)cc2)CC(=O)N[C@H](Cc2ccccc2)C1=O. The lowest BCUT2D eigenvalue weighted by molar-refractivity contribution is -0.138. The van der Waals surface area contributed by atoms with Gasteiger partial charge in [-0.25, -0.2) is 0 Å². The van der Waals surface area contributed by atoms with Crippen molar-refractivity contribution in [3.63, 3.8) is 0 Å². The first-order valence-corrected chi connectivity index (χ1v) is 15.0. The summed E-state index contributed by atoms with van der Waals surface area (Å²) in [7, 11) is 3.15. The molecule has 0 unspecified atom stereocenters. The summed E-state index contributed by atoms with van der Waals surface area (Å²) >= 11 is 0. The van der Waals surface area contributed by atoms with Crippen molar-refractivity contribution in [3.05, 3.63) is 90.0 Å². The number of rotatable bonds is 9. The average molecular weight is 617 g/mol. The van der Waals surface area contributed by atoms with E-state index in [1.807, 2.05) is 37.3 Å². The molecule has 4 rings (SSSR count). The number of carbonyl (C=O) groups excluding carboxylic acids is 4. The molecule has 0 radical (unpaired) electrons. The van der Waals surface area contributed by atoms with Crippen molar-refractivity contribution in [1.29, 1.82) is 0 Å². The highest BCUT2D eigenvalue weighted by Gasteiger charge is 2.31. The molecule has 11 heteroatoms. The number of para-hydroxylation sites is 1. The van der Waals surface area contributed by atoms with Gasteiger partial charge in [0, 0.05) is 20.0 Å². The van der Waals surface area contributed by atoms with Gasteiger partial charge in [-0.3, -0.25) is 19.2 Å². The van der Waals surface area contributed by atoms with E-state index in [-0.39, 0.29) is 50.6 Å². The lowest BCUT2D eigenvalue weighted by atomic mass is 10.0. The van der Waals surface area contributed by atoms with E-state index < -0.39 is 29.8 Å². The van der Waals surface area contributed by atoms with Crippen LogP contribution < -0.4 is 24.8 Å². The van der Waals surface area contributed by atoms with E-state index in [4.69, 9.17) is 14.2 Å². The second kappa shape index (κ2) is 16.1. The normalized spacial score (nSPS) is 17.6. The first-order valence-electron chi connectivity index (χ1n) is 15.0. The Morgan fingerprint density at radius 2 is 1.64 bits per heavy atom. The highest BCUT2D eigenvalue weighted by Crippen LogP contribution is 2.20. The molecule has 3 aromatic rings. The van der Waals surface area contributed by atoms with Crippen LogP contribution in [0.15, 0.2) is 78.9 Å². The third-order valence-electron chi connectivity index (χ3n) is 7.48. The maximum Gasteiger partial charge on any atom is 0.255 e. The molecule has 1 heterocycles. The standard InChI is InChI=1S/C34H40N4O7/c1-4-38-19-21-45-30-13-9-8-12-27(30)32(40)36-29(23-31(39)35-28(34(38)42)22-24-10-6-5-7-11-24)33(41)37(2)18-20-44-26-16-14-25(43-3)15-17-26/h5-17,28-29H,4,18-23H2,1-3H3,(H,35,39)(H,36,40)/t28-,29+/m1/s1. The number of nitrogens with one attached hydrogen (secondary N) is 2. The molecule has 0 saturated carbocycles. The van der Waals surface area contributed by atoms with Gasteiger partial charge in [0.25, 0.3) is 5.91 Å². The average Bonchev–Trinajstić information content (AvgIpc) is 3.06. The van der Waals surface area contributed by atoms with Crippen LogP contribution in [0.4, 0.5) is 0 Å². The number of carbonyl (C=O) groups is 4. The van der Waals surface area contributed by atoms with Crippen molar-refractivity contribution >= 4 is 23.6 Å². The molecule has 1 aliphatic rings. The number of fused-ring (bicyclic) bond motifs is 1. The minimum Gasteiger partial charge on any atom is -0.497 e. The number of benzene rings is 3. The van der Waals surface area contributed by atoms with E-state index in [0.717, 1.165) is 5.56 Å². The van der Waals surface area contributed by atoms with Gasteiger partial charge < -0.3 is 34.6 Å². The first kappa shape index (κ1) is 32.8. The monoisotopic (exact) mass is 616 g/mol. The van der Waals surface area contributed by atoms with E-state index in [9.17, 15) is 19.2 Å². The molecule has 3 aromatic carbocycles. The highest BCUT2D eigenvalue weighted by molar-refractivity contribution is 6.01. The summed E-state index contributed by atoms with van der Waals surface area (Å²) in [4.78, 5) is 57.3. The second-order valence-electron chi connectivity index (χ2n) is 10.6. The Morgan fingerprint density at radius 3 is 2.36 bits per heavy atom. The molecule has 0 fully saturated rings.